The van der Waals surface area contributed by atoms with Gasteiger partial charge in [-0.3, -0.25) is 0 Å². The highest BCUT2D eigenvalue weighted by atomic mass is 15.1. The van der Waals surface area contributed by atoms with Gasteiger partial charge < -0.3 is 20.4 Å². The molecule has 8 heteroatoms. The van der Waals surface area contributed by atoms with Crippen LogP contribution in [-0.2, 0) is 0 Å². The zero-order chi connectivity index (χ0) is 30.9. The SMILES string of the molecule is CC(C)Nc1cc(N2CCCCC2)ccc1C1=CC2=CC(c3ccc(N4CCCCC4)cc3NC(C)C)=NC3=NC=NC(=N1)C23. The van der Waals surface area contributed by atoms with Crippen LogP contribution in [0.5, 0.6) is 0 Å². The Hall–Kier alpha value is -4.20. The second-order valence-electron chi connectivity index (χ2n) is 13.5. The topological polar surface area (TPSA) is 80.0 Å². The van der Waals surface area contributed by atoms with Gasteiger partial charge in [0, 0.05) is 72.1 Å². The third kappa shape index (κ3) is 6.20. The number of allylic oxidation sites excluding steroid dienone is 2. The Morgan fingerprint density at radius 3 is 1.84 bits per heavy atom. The molecule has 234 valence electrons. The fraction of sp³-hybridized carbons (Fsp3) is 0.459. The lowest BCUT2D eigenvalue weighted by Crippen LogP contribution is -2.32. The van der Waals surface area contributed by atoms with E-state index in [0.717, 1.165) is 77.3 Å². The van der Waals surface area contributed by atoms with Crippen molar-refractivity contribution in [2.24, 2.45) is 25.9 Å². The lowest BCUT2D eigenvalue weighted by atomic mass is 9.86. The second-order valence-corrected chi connectivity index (χ2v) is 13.5. The first-order valence-corrected chi connectivity index (χ1v) is 17.0. The van der Waals surface area contributed by atoms with E-state index in [2.05, 4.69) is 107 Å². The van der Waals surface area contributed by atoms with Crippen molar-refractivity contribution in [3.05, 3.63) is 65.3 Å². The second kappa shape index (κ2) is 12.7. The number of dihydropyridines is 1. The number of piperidine rings is 2. The number of aliphatic imine (C=N–C) groups is 4. The van der Waals surface area contributed by atoms with Gasteiger partial charge in [-0.15, -0.1) is 0 Å². The molecule has 2 aromatic rings. The van der Waals surface area contributed by atoms with Gasteiger partial charge >= 0.3 is 0 Å². The first-order valence-electron chi connectivity index (χ1n) is 17.0. The van der Waals surface area contributed by atoms with E-state index in [1.807, 2.05) is 0 Å². The smallest absolute Gasteiger partial charge is 0.145 e. The first kappa shape index (κ1) is 29.5. The van der Waals surface area contributed by atoms with Crippen LogP contribution in [0.4, 0.5) is 22.7 Å². The van der Waals surface area contributed by atoms with Gasteiger partial charge in [0.05, 0.1) is 11.4 Å². The van der Waals surface area contributed by atoms with Crippen LogP contribution in [0.25, 0.3) is 5.70 Å². The molecule has 7 rings (SSSR count). The minimum atomic E-state index is -0.147. The number of amidine groups is 2. The summed E-state index contributed by atoms with van der Waals surface area (Å²) in [4.78, 5) is 24.5. The lowest BCUT2D eigenvalue weighted by Gasteiger charge is -2.31. The zero-order valence-corrected chi connectivity index (χ0v) is 27.2. The molecule has 1 atom stereocenters. The van der Waals surface area contributed by atoms with Gasteiger partial charge in [0.2, 0.25) is 0 Å². The Morgan fingerprint density at radius 1 is 0.667 bits per heavy atom. The molecule has 0 bridgehead atoms. The molecular formula is C37H46N8. The van der Waals surface area contributed by atoms with E-state index in [9.17, 15) is 0 Å². The quantitative estimate of drug-likeness (QED) is 0.327. The van der Waals surface area contributed by atoms with Crippen LogP contribution in [0.15, 0.2) is 74.1 Å². The fourth-order valence-electron chi connectivity index (χ4n) is 7.08. The summed E-state index contributed by atoms with van der Waals surface area (Å²) in [6.45, 7) is 13.2. The largest absolute Gasteiger partial charge is 0.382 e. The lowest BCUT2D eigenvalue weighted by molar-refractivity contribution is 0.578. The average Bonchev–Trinajstić information content (AvgIpc) is 3.05. The number of anilines is 4. The number of nitrogens with zero attached hydrogens (tertiary/aromatic N) is 6. The zero-order valence-electron chi connectivity index (χ0n) is 27.2. The van der Waals surface area contributed by atoms with Crippen LogP contribution in [0, 0.1) is 5.92 Å². The highest BCUT2D eigenvalue weighted by Crippen LogP contribution is 2.39. The molecule has 0 radical (unpaired) electrons. The molecule has 45 heavy (non-hydrogen) atoms. The van der Waals surface area contributed by atoms with Gasteiger partial charge in [-0.05, 0) is 120 Å². The predicted molar refractivity (Wildman–Crippen MR) is 192 cm³/mol. The van der Waals surface area contributed by atoms with Gasteiger partial charge in [0.1, 0.15) is 23.9 Å². The van der Waals surface area contributed by atoms with Crippen LogP contribution in [-0.4, -0.2) is 62.0 Å². The van der Waals surface area contributed by atoms with E-state index >= 15 is 0 Å². The van der Waals surface area contributed by atoms with Crippen LogP contribution in [0.1, 0.15) is 77.3 Å². The van der Waals surface area contributed by atoms with Crippen molar-refractivity contribution in [1.82, 2.24) is 0 Å². The number of hydrogen-bond donors (Lipinski definition) is 2. The average molecular weight is 603 g/mol. The monoisotopic (exact) mass is 602 g/mol. The maximum atomic E-state index is 5.10. The Morgan fingerprint density at radius 2 is 1.24 bits per heavy atom. The summed E-state index contributed by atoms with van der Waals surface area (Å²) in [5, 5.41) is 7.43. The normalized spacial score (nSPS) is 21.1. The number of rotatable bonds is 8. The highest BCUT2D eigenvalue weighted by molar-refractivity contribution is 6.27. The van der Waals surface area contributed by atoms with E-state index in [1.54, 1.807) is 6.34 Å². The summed E-state index contributed by atoms with van der Waals surface area (Å²) in [5.41, 5.74) is 9.91. The molecule has 5 aliphatic rings. The van der Waals surface area contributed by atoms with Crippen LogP contribution in [0.3, 0.4) is 0 Å². The van der Waals surface area contributed by atoms with E-state index in [0.29, 0.717) is 12.1 Å². The Balaban J connectivity index is 1.28. The van der Waals surface area contributed by atoms with Gasteiger partial charge in [-0.25, -0.2) is 20.0 Å². The van der Waals surface area contributed by atoms with Crippen LogP contribution < -0.4 is 20.4 Å². The van der Waals surface area contributed by atoms with E-state index in [-0.39, 0.29) is 5.92 Å². The molecule has 2 N–H and O–H groups in total. The van der Waals surface area contributed by atoms with Crippen LogP contribution in [0.2, 0.25) is 0 Å². The number of hydrogen-bond acceptors (Lipinski definition) is 8. The molecule has 5 heterocycles. The maximum Gasteiger partial charge on any atom is 0.145 e. The molecule has 0 aliphatic carbocycles. The van der Waals surface area contributed by atoms with E-state index < -0.39 is 0 Å². The van der Waals surface area contributed by atoms with Crippen molar-refractivity contribution in [2.45, 2.75) is 78.3 Å². The Labute approximate surface area is 267 Å². The van der Waals surface area contributed by atoms with E-state index in [4.69, 9.17) is 9.98 Å². The highest BCUT2D eigenvalue weighted by Gasteiger charge is 2.35. The predicted octanol–water partition coefficient (Wildman–Crippen LogP) is 7.55. The summed E-state index contributed by atoms with van der Waals surface area (Å²) in [7, 11) is 0. The molecular weight excluding hydrogens is 556 g/mol. The van der Waals surface area contributed by atoms with Gasteiger partial charge in [-0.1, -0.05) is 0 Å². The molecule has 0 aromatic heterocycles. The standard InChI is InChI=1S/C37H46N8/c1-24(2)40-33-21-27(44-15-7-5-8-16-44)11-13-29(33)31-19-26-20-32(43-37-35(26)36(42-31)38-23-39-37)30-14-12-28(22-34(30)41-25(3)4)45-17-9-6-10-18-45/h11-14,19-25,35,40-41H,5-10,15-18H2,1-4H3. The minimum Gasteiger partial charge on any atom is -0.382 e. The molecule has 0 saturated carbocycles. The van der Waals surface area contributed by atoms with Crippen molar-refractivity contribution >= 4 is 52.2 Å². The van der Waals surface area contributed by atoms with Gasteiger partial charge in [0.25, 0.3) is 0 Å². The molecule has 1 unspecified atom stereocenters. The number of nitrogens with one attached hydrogen (secondary N) is 2. The fourth-order valence-corrected chi connectivity index (χ4v) is 7.08. The number of benzene rings is 2. The maximum absolute atomic E-state index is 5.10. The Kier molecular flexibility index (Phi) is 8.30. The summed E-state index contributed by atoms with van der Waals surface area (Å²) in [6, 6.07) is 14.2. The molecule has 2 saturated heterocycles. The third-order valence-corrected chi connectivity index (χ3v) is 9.20. The summed E-state index contributed by atoms with van der Waals surface area (Å²) in [5.74, 6) is 1.36. The van der Waals surface area contributed by atoms with E-state index in [1.165, 1.54) is 49.9 Å². The minimum absolute atomic E-state index is 0.147. The summed E-state index contributed by atoms with van der Waals surface area (Å²) >= 11 is 0. The van der Waals surface area contributed by atoms with Crippen molar-refractivity contribution in [1.29, 1.82) is 0 Å². The molecule has 2 aromatic carbocycles. The van der Waals surface area contributed by atoms with Crippen molar-refractivity contribution < 1.29 is 0 Å². The first-order chi connectivity index (χ1) is 21.9. The van der Waals surface area contributed by atoms with Gasteiger partial charge in [0.15, 0.2) is 0 Å². The molecule has 2 fully saturated rings. The summed E-state index contributed by atoms with van der Waals surface area (Å²) in [6.07, 6.45) is 13.7. The molecule has 0 amide bonds. The molecule has 5 aliphatic heterocycles. The summed E-state index contributed by atoms with van der Waals surface area (Å²) < 4.78 is 0. The van der Waals surface area contributed by atoms with Crippen LogP contribution >= 0.6 is 0 Å². The van der Waals surface area contributed by atoms with Crippen molar-refractivity contribution in [3.63, 3.8) is 0 Å². The van der Waals surface area contributed by atoms with Gasteiger partial charge in [-0.2, -0.15) is 0 Å². The Bertz CT molecular complexity index is 1550. The van der Waals surface area contributed by atoms with Crippen molar-refractivity contribution in [3.8, 4) is 0 Å². The molecule has 8 nitrogen and oxygen atoms in total. The third-order valence-electron chi connectivity index (χ3n) is 9.20. The van der Waals surface area contributed by atoms with Crippen molar-refractivity contribution in [2.75, 3.05) is 46.6 Å². The molecule has 0 spiro atoms.